The average molecular weight is 532 g/mol. The molecule has 0 amide bonds. The Kier molecular flexibility index (Phi) is 12.2. The van der Waals surface area contributed by atoms with Crippen molar-refractivity contribution in [3.63, 3.8) is 0 Å². The monoisotopic (exact) mass is 531 g/mol. The van der Waals surface area contributed by atoms with Gasteiger partial charge >= 0.3 is 0 Å². The molecule has 1 aromatic heterocycles. The van der Waals surface area contributed by atoms with Crippen molar-refractivity contribution in [1.82, 2.24) is 20.5 Å². The molecule has 0 aliphatic carbocycles. The molecular formula is C21H34IN5OS. The number of nitrogens with one attached hydrogen (secondary N) is 2. The molecule has 0 aliphatic heterocycles. The maximum atomic E-state index is 5.93. The fraction of sp³-hybridized carbons (Fsp3) is 0.524. The van der Waals surface area contributed by atoms with Crippen molar-refractivity contribution in [3.8, 4) is 5.75 Å². The molecule has 0 bridgehead atoms. The van der Waals surface area contributed by atoms with Crippen molar-refractivity contribution in [2.75, 3.05) is 40.3 Å². The first-order valence-corrected chi connectivity index (χ1v) is 10.6. The van der Waals surface area contributed by atoms with Crippen LogP contribution in [0.5, 0.6) is 5.75 Å². The molecule has 0 saturated heterocycles. The summed E-state index contributed by atoms with van der Waals surface area (Å²) in [6, 6.07) is 8.10. The van der Waals surface area contributed by atoms with Crippen molar-refractivity contribution in [2.45, 2.75) is 33.7 Å². The predicted octanol–water partition coefficient (Wildman–Crippen LogP) is 3.62. The molecule has 0 radical (unpaired) electrons. The second-order valence-electron chi connectivity index (χ2n) is 6.88. The molecule has 2 rings (SSSR count). The Morgan fingerprint density at radius 3 is 2.62 bits per heavy atom. The molecule has 0 spiro atoms. The van der Waals surface area contributed by atoms with E-state index in [0.29, 0.717) is 13.2 Å². The Bertz CT molecular complexity index is 744. The smallest absolute Gasteiger partial charge is 0.191 e. The molecule has 0 saturated carbocycles. The summed E-state index contributed by atoms with van der Waals surface area (Å²) in [6.45, 7) is 10.0. The first-order chi connectivity index (χ1) is 13.5. The first kappa shape index (κ1) is 25.6. The summed E-state index contributed by atoms with van der Waals surface area (Å²) in [5.41, 5.74) is 2.22. The summed E-state index contributed by atoms with van der Waals surface area (Å²) in [5.74, 6) is 1.72. The number of thiazole rings is 1. The number of aromatic nitrogens is 1. The van der Waals surface area contributed by atoms with E-state index in [1.165, 1.54) is 4.88 Å². The second kappa shape index (κ2) is 13.8. The van der Waals surface area contributed by atoms with Crippen LogP contribution in [0, 0.1) is 13.8 Å². The normalized spacial score (nSPS) is 11.3. The maximum Gasteiger partial charge on any atom is 0.191 e. The van der Waals surface area contributed by atoms with E-state index in [-0.39, 0.29) is 24.0 Å². The molecular weight excluding hydrogens is 497 g/mol. The summed E-state index contributed by atoms with van der Waals surface area (Å²) >= 11 is 1.77. The first-order valence-electron chi connectivity index (χ1n) is 9.80. The summed E-state index contributed by atoms with van der Waals surface area (Å²) in [5, 5.41) is 7.88. The summed E-state index contributed by atoms with van der Waals surface area (Å²) in [7, 11) is 4.09. The van der Waals surface area contributed by atoms with E-state index in [2.05, 4.69) is 47.4 Å². The molecule has 0 fully saturated rings. The van der Waals surface area contributed by atoms with Gasteiger partial charge in [0, 0.05) is 36.5 Å². The van der Waals surface area contributed by atoms with Crippen LogP contribution in [0.4, 0.5) is 0 Å². The summed E-state index contributed by atoms with van der Waals surface area (Å²) in [6.07, 6.45) is 0.897. The number of benzene rings is 1. The van der Waals surface area contributed by atoms with Crippen LogP contribution in [-0.4, -0.2) is 56.2 Å². The van der Waals surface area contributed by atoms with Gasteiger partial charge in [-0.1, -0.05) is 18.2 Å². The molecule has 2 aromatic rings. The fourth-order valence-corrected chi connectivity index (χ4v) is 3.49. The van der Waals surface area contributed by atoms with Crippen LogP contribution < -0.4 is 15.4 Å². The van der Waals surface area contributed by atoms with Crippen LogP contribution in [0.3, 0.4) is 0 Å². The SMILES string of the molecule is CCNC(=NCc1ccccc1OCCN(C)C)NCCc1nc(C)c(C)s1.I. The lowest BCUT2D eigenvalue weighted by molar-refractivity contribution is 0.259. The molecule has 2 N–H and O–H groups in total. The number of para-hydroxylation sites is 1. The van der Waals surface area contributed by atoms with Gasteiger partial charge < -0.3 is 20.3 Å². The third kappa shape index (κ3) is 9.31. The zero-order chi connectivity index (χ0) is 20.4. The van der Waals surface area contributed by atoms with Crippen LogP contribution in [0.15, 0.2) is 29.3 Å². The average Bonchev–Trinajstić information content (AvgIpc) is 2.98. The number of guanidine groups is 1. The highest BCUT2D eigenvalue weighted by Gasteiger charge is 2.06. The topological polar surface area (TPSA) is 61.8 Å². The lowest BCUT2D eigenvalue weighted by atomic mass is 10.2. The van der Waals surface area contributed by atoms with Crippen molar-refractivity contribution in [1.29, 1.82) is 0 Å². The Labute approximate surface area is 196 Å². The van der Waals surface area contributed by atoms with Crippen LogP contribution >= 0.6 is 35.3 Å². The van der Waals surface area contributed by atoms with Gasteiger partial charge in [-0.25, -0.2) is 9.98 Å². The fourth-order valence-electron chi connectivity index (χ4n) is 2.55. The summed E-state index contributed by atoms with van der Waals surface area (Å²) in [4.78, 5) is 12.7. The Morgan fingerprint density at radius 2 is 1.97 bits per heavy atom. The number of ether oxygens (including phenoxy) is 1. The Balaban J connectivity index is 0.00000420. The third-order valence-electron chi connectivity index (χ3n) is 4.22. The van der Waals surface area contributed by atoms with Gasteiger partial charge in [0.25, 0.3) is 0 Å². The summed E-state index contributed by atoms with van der Waals surface area (Å²) < 4.78 is 5.93. The number of aliphatic imine (C=N–C) groups is 1. The number of likely N-dealkylation sites (N-methyl/N-ethyl adjacent to an activating group) is 1. The second-order valence-corrected chi connectivity index (χ2v) is 8.17. The largest absolute Gasteiger partial charge is 0.492 e. The van der Waals surface area contributed by atoms with Gasteiger partial charge in [0.1, 0.15) is 12.4 Å². The van der Waals surface area contributed by atoms with Gasteiger partial charge in [-0.2, -0.15) is 0 Å². The molecule has 29 heavy (non-hydrogen) atoms. The molecule has 0 atom stereocenters. The number of aryl methyl sites for hydroxylation is 2. The van der Waals surface area contributed by atoms with Crippen molar-refractivity contribution in [3.05, 3.63) is 45.4 Å². The lowest BCUT2D eigenvalue weighted by Gasteiger charge is -2.14. The predicted molar refractivity (Wildman–Crippen MR) is 134 cm³/mol. The zero-order valence-corrected chi connectivity index (χ0v) is 21.3. The number of rotatable bonds is 10. The minimum absolute atomic E-state index is 0. The van der Waals surface area contributed by atoms with Gasteiger partial charge in [-0.15, -0.1) is 35.3 Å². The van der Waals surface area contributed by atoms with Gasteiger partial charge in [0.2, 0.25) is 0 Å². The molecule has 162 valence electrons. The number of nitrogens with zero attached hydrogens (tertiary/aromatic N) is 3. The van der Waals surface area contributed by atoms with Gasteiger partial charge in [-0.3, -0.25) is 0 Å². The molecule has 0 aliphatic rings. The Morgan fingerprint density at radius 1 is 1.21 bits per heavy atom. The highest BCUT2D eigenvalue weighted by Crippen LogP contribution is 2.19. The van der Waals surface area contributed by atoms with Gasteiger partial charge in [-0.05, 0) is 40.9 Å². The van der Waals surface area contributed by atoms with E-state index in [9.17, 15) is 0 Å². The number of hydrogen-bond donors (Lipinski definition) is 2. The van der Waals surface area contributed by atoms with Crippen molar-refractivity contribution >= 4 is 41.3 Å². The minimum atomic E-state index is 0. The van der Waals surface area contributed by atoms with Gasteiger partial charge in [0.15, 0.2) is 5.96 Å². The maximum absolute atomic E-state index is 5.93. The van der Waals surface area contributed by atoms with Crippen molar-refractivity contribution in [2.24, 2.45) is 4.99 Å². The van der Waals surface area contributed by atoms with Crippen molar-refractivity contribution < 1.29 is 4.74 Å². The quantitative estimate of drug-likeness (QED) is 0.279. The Hall–Kier alpha value is -1.39. The van der Waals surface area contributed by atoms with E-state index in [0.717, 1.165) is 54.0 Å². The zero-order valence-electron chi connectivity index (χ0n) is 18.1. The van der Waals surface area contributed by atoms with Crippen LogP contribution in [-0.2, 0) is 13.0 Å². The van der Waals surface area contributed by atoms with Crippen LogP contribution in [0.25, 0.3) is 0 Å². The highest BCUT2D eigenvalue weighted by atomic mass is 127. The standard InChI is InChI=1S/C21H33N5OS.HI/c1-6-22-21(23-12-11-20-25-16(2)17(3)28-20)24-15-18-9-7-8-10-19(18)27-14-13-26(4)5;/h7-10H,6,11-15H2,1-5H3,(H2,22,23,24);1H. The third-order valence-corrected chi connectivity index (χ3v) is 5.36. The molecule has 0 unspecified atom stereocenters. The van der Waals surface area contributed by atoms with E-state index in [4.69, 9.17) is 9.73 Å². The molecule has 6 nitrogen and oxygen atoms in total. The van der Waals surface area contributed by atoms with E-state index in [1.54, 1.807) is 11.3 Å². The van der Waals surface area contributed by atoms with E-state index < -0.39 is 0 Å². The van der Waals surface area contributed by atoms with E-state index >= 15 is 0 Å². The molecule has 1 heterocycles. The van der Waals surface area contributed by atoms with E-state index in [1.807, 2.05) is 32.3 Å². The lowest BCUT2D eigenvalue weighted by Crippen LogP contribution is -2.38. The van der Waals surface area contributed by atoms with Crippen LogP contribution in [0.2, 0.25) is 0 Å². The number of halogens is 1. The highest BCUT2D eigenvalue weighted by molar-refractivity contribution is 14.0. The molecule has 1 aromatic carbocycles. The number of hydrogen-bond acceptors (Lipinski definition) is 5. The molecule has 8 heteroatoms. The van der Waals surface area contributed by atoms with Crippen LogP contribution in [0.1, 0.15) is 28.1 Å². The minimum Gasteiger partial charge on any atom is -0.492 e. The van der Waals surface area contributed by atoms with Gasteiger partial charge in [0.05, 0.1) is 17.2 Å².